The van der Waals surface area contributed by atoms with Crippen LogP contribution in [0.2, 0.25) is 5.02 Å². The van der Waals surface area contributed by atoms with Crippen molar-refractivity contribution in [3.8, 4) is 0 Å². The van der Waals surface area contributed by atoms with E-state index in [1.807, 2.05) is 24.3 Å². The lowest BCUT2D eigenvalue weighted by Gasteiger charge is -2.08. The van der Waals surface area contributed by atoms with E-state index >= 15 is 0 Å². The fourth-order valence-electron chi connectivity index (χ4n) is 1.91. The monoisotopic (exact) mass is 288 g/mol. The molecule has 20 heavy (non-hydrogen) atoms. The normalized spacial score (nSPS) is 10.7. The minimum Gasteiger partial charge on any atom is -0.365 e. The van der Waals surface area contributed by atoms with Crippen LogP contribution in [0.15, 0.2) is 30.5 Å². The molecule has 2 aromatic heterocycles. The van der Waals surface area contributed by atoms with Gasteiger partial charge in [-0.25, -0.2) is 0 Å². The van der Waals surface area contributed by atoms with Gasteiger partial charge in [-0.05, 0) is 17.7 Å². The molecule has 0 radical (unpaired) electrons. The predicted molar refractivity (Wildman–Crippen MR) is 80.0 cm³/mol. The van der Waals surface area contributed by atoms with Gasteiger partial charge in [0, 0.05) is 18.6 Å². The van der Waals surface area contributed by atoms with E-state index in [0.29, 0.717) is 18.1 Å². The van der Waals surface area contributed by atoms with Gasteiger partial charge in [-0.2, -0.15) is 15.1 Å². The minimum atomic E-state index is 0.537. The van der Waals surface area contributed by atoms with E-state index in [1.165, 1.54) is 0 Å². The van der Waals surface area contributed by atoms with E-state index in [4.69, 9.17) is 11.6 Å². The lowest BCUT2D eigenvalue weighted by Crippen LogP contribution is -2.05. The summed E-state index contributed by atoms with van der Waals surface area (Å²) in [6.45, 7) is 0.626. The van der Waals surface area contributed by atoms with Gasteiger partial charge in [0.2, 0.25) is 5.95 Å². The average molecular weight is 289 g/mol. The molecule has 0 aliphatic carbocycles. The van der Waals surface area contributed by atoms with Crippen LogP contribution in [0.3, 0.4) is 0 Å². The van der Waals surface area contributed by atoms with E-state index in [1.54, 1.807) is 13.2 Å². The molecule has 7 heteroatoms. The van der Waals surface area contributed by atoms with Crippen LogP contribution in [0.1, 0.15) is 5.56 Å². The van der Waals surface area contributed by atoms with Crippen molar-refractivity contribution >= 4 is 34.4 Å². The molecule has 0 atom stereocenters. The Morgan fingerprint density at radius 2 is 2.20 bits per heavy atom. The van der Waals surface area contributed by atoms with Crippen molar-refractivity contribution in [3.63, 3.8) is 0 Å². The second-order valence-corrected chi connectivity index (χ2v) is 4.70. The molecule has 1 aromatic carbocycles. The van der Waals surface area contributed by atoms with Crippen molar-refractivity contribution in [2.24, 2.45) is 0 Å². The third-order valence-electron chi connectivity index (χ3n) is 2.88. The Morgan fingerprint density at radius 1 is 1.30 bits per heavy atom. The van der Waals surface area contributed by atoms with Crippen LogP contribution in [0, 0.1) is 0 Å². The fourth-order valence-corrected chi connectivity index (χ4v) is 2.13. The first-order chi connectivity index (χ1) is 9.76. The topological polar surface area (TPSA) is 78.5 Å². The molecule has 0 amide bonds. The summed E-state index contributed by atoms with van der Waals surface area (Å²) in [4.78, 5) is 8.68. The molecular weight excluding hydrogens is 276 g/mol. The summed E-state index contributed by atoms with van der Waals surface area (Å²) in [6.07, 6.45) is 1.70. The summed E-state index contributed by atoms with van der Waals surface area (Å²) in [5.41, 5.74) is 1.77. The van der Waals surface area contributed by atoms with Crippen molar-refractivity contribution in [2.75, 3.05) is 17.7 Å². The standard InChI is InChI=1S/C13H13ClN6/c1-15-13-18-11(10-7-17-20-12(10)19-13)16-6-8-3-2-4-9(14)5-8/h2-5,7H,6H2,1H3,(H3,15,16,17,18,19,20). The van der Waals surface area contributed by atoms with Crippen molar-refractivity contribution in [3.05, 3.63) is 41.0 Å². The summed E-state index contributed by atoms with van der Waals surface area (Å²) in [5.74, 6) is 1.27. The van der Waals surface area contributed by atoms with Crippen molar-refractivity contribution in [1.82, 2.24) is 20.2 Å². The number of H-pyrrole nitrogens is 1. The molecular formula is C13H13ClN6. The number of nitrogens with zero attached hydrogens (tertiary/aromatic N) is 3. The maximum absolute atomic E-state index is 5.97. The Bertz CT molecular complexity index is 739. The van der Waals surface area contributed by atoms with E-state index in [0.717, 1.165) is 21.8 Å². The summed E-state index contributed by atoms with van der Waals surface area (Å²) < 4.78 is 0. The zero-order chi connectivity index (χ0) is 13.9. The highest BCUT2D eigenvalue weighted by atomic mass is 35.5. The quantitative estimate of drug-likeness (QED) is 0.688. The van der Waals surface area contributed by atoms with Crippen LogP contribution in [0.4, 0.5) is 11.8 Å². The summed E-state index contributed by atoms with van der Waals surface area (Å²) in [7, 11) is 1.78. The number of fused-ring (bicyclic) bond motifs is 1. The average Bonchev–Trinajstić information content (AvgIpc) is 2.93. The zero-order valence-corrected chi connectivity index (χ0v) is 11.6. The van der Waals surface area contributed by atoms with E-state index < -0.39 is 0 Å². The minimum absolute atomic E-state index is 0.537. The third-order valence-corrected chi connectivity index (χ3v) is 3.12. The number of halogens is 1. The third kappa shape index (κ3) is 2.50. The first-order valence-corrected chi connectivity index (χ1v) is 6.51. The molecule has 0 spiro atoms. The van der Waals surface area contributed by atoms with Gasteiger partial charge in [-0.1, -0.05) is 23.7 Å². The highest BCUT2D eigenvalue weighted by molar-refractivity contribution is 6.30. The molecule has 0 unspecified atom stereocenters. The molecule has 3 rings (SSSR count). The highest BCUT2D eigenvalue weighted by Gasteiger charge is 2.08. The van der Waals surface area contributed by atoms with E-state index in [-0.39, 0.29) is 0 Å². The fraction of sp³-hybridized carbons (Fsp3) is 0.154. The van der Waals surface area contributed by atoms with Gasteiger partial charge in [0.05, 0.1) is 11.6 Å². The zero-order valence-electron chi connectivity index (χ0n) is 10.8. The molecule has 0 aliphatic heterocycles. The molecule has 0 saturated carbocycles. The van der Waals surface area contributed by atoms with E-state index in [9.17, 15) is 0 Å². The summed E-state index contributed by atoms with van der Waals surface area (Å²) in [6, 6.07) is 7.70. The van der Waals surface area contributed by atoms with Gasteiger partial charge in [0.25, 0.3) is 0 Å². The molecule has 3 aromatic rings. The van der Waals surface area contributed by atoms with Crippen molar-refractivity contribution in [1.29, 1.82) is 0 Å². The van der Waals surface area contributed by atoms with Crippen LogP contribution < -0.4 is 10.6 Å². The maximum atomic E-state index is 5.97. The molecule has 102 valence electrons. The first kappa shape index (κ1) is 12.7. The summed E-state index contributed by atoms with van der Waals surface area (Å²) >= 11 is 5.97. The number of benzene rings is 1. The number of hydrogen-bond acceptors (Lipinski definition) is 5. The first-order valence-electron chi connectivity index (χ1n) is 6.13. The Balaban J connectivity index is 1.88. The number of aromatic nitrogens is 4. The molecule has 6 nitrogen and oxygen atoms in total. The van der Waals surface area contributed by atoms with Gasteiger partial charge in [-0.15, -0.1) is 0 Å². The second-order valence-electron chi connectivity index (χ2n) is 4.26. The summed E-state index contributed by atoms with van der Waals surface area (Å²) in [5, 5.41) is 14.6. The van der Waals surface area contributed by atoms with Crippen LogP contribution in [-0.4, -0.2) is 27.2 Å². The molecule has 0 aliphatic rings. The van der Waals surface area contributed by atoms with Gasteiger partial charge in [-0.3, -0.25) is 5.10 Å². The van der Waals surface area contributed by atoms with E-state index in [2.05, 4.69) is 30.8 Å². The number of aromatic amines is 1. The molecule has 3 N–H and O–H groups in total. The lowest BCUT2D eigenvalue weighted by atomic mass is 10.2. The molecule has 2 heterocycles. The number of hydrogen-bond donors (Lipinski definition) is 3. The highest BCUT2D eigenvalue weighted by Crippen LogP contribution is 2.20. The number of anilines is 2. The van der Waals surface area contributed by atoms with Gasteiger partial charge in [0.1, 0.15) is 5.82 Å². The van der Waals surface area contributed by atoms with Gasteiger partial charge >= 0.3 is 0 Å². The smallest absolute Gasteiger partial charge is 0.226 e. The van der Waals surface area contributed by atoms with Crippen molar-refractivity contribution in [2.45, 2.75) is 6.54 Å². The van der Waals surface area contributed by atoms with Crippen LogP contribution in [-0.2, 0) is 6.54 Å². The molecule has 0 bridgehead atoms. The molecule has 0 fully saturated rings. The van der Waals surface area contributed by atoms with Crippen LogP contribution >= 0.6 is 11.6 Å². The Morgan fingerprint density at radius 3 is 3.00 bits per heavy atom. The number of rotatable bonds is 4. The Hall–Kier alpha value is -2.34. The lowest BCUT2D eigenvalue weighted by molar-refractivity contribution is 1.08. The van der Waals surface area contributed by atoms with Gasteiger partial charge in [0.15, 0.2) is 5.65 Å². The van der Waals surface area contributed by atoms with Crippen molar-refractivity contribution < 1.29 is 0 Å². The maximum Gasteiger partial charge on any atom is 0.226 e. The van der Waals surface area contributed by atoms with Crippen LogP contribution in [0.25, 0.3) is 11.0 Å². The Labute approximate surface area is 120 Å². The molecule has 0 saturated heterocycles. The number of nitrogens with one attached hydrogen (secondary N) is 3. The SMILES string of the molecule is CNc1nc(NCc2cccc(Cl)c2)c2cn[nH]c2n1. The Kier molecular flexibility index (Phi) is 3.39. The largest absolute Gasteiger partial charge is 0.365 e. The van der Waals surface area contributed by atoms with Gasteiger partial charge < -0.3 is 10.6 Å². The van der Waals surface area contributed by atoms with Crippen LogP contribution in [0.5, 0.6) is 0 Å². The predicted octanol–water partition coefficient (Wildman–Crippen LogP) is 2.66. The second kappa shape index (κ2) is 5.34.